The molecule has 2 N–H and O–H groups in total. The zero-order valence-corrected chi connectivity index (χ0v) is 10.1. The van der Waals surface area contributed by atoms with Gasteiger partial charge in [0.15, 0.2) is 0 Å². The van der Waals surface area contributed by atoms with Crippen LogP contribution < -0.4 is 10.5 Å². The lowest BCUT2D eigenvalue weighted by molar-refractivity contribution is 0.327. The standard InChI is InChI=1S/C10H18N2OSi/c1-14(2,3)8-7-13-10-9(11)5-4-6-12-10/h4-6H,7-8,11H2,1-3H3. The quantitative estimate of drug-likeness (QED) is 0.776. The summed E-state index contributed by atoms with van der Waals surface area (Å²) < 4.78 is 5.51. The fraction of sp³-hybridized carbons (Fsp3) is 0.500. The Hall–Kier alpha value is -1.03. The van der Waals surface area contributed by atoms with E-state index in [1.165, 1.54) is 0 Å². The largest absolute Gasteiger partial charge is 0.477 e. The molecular weight excluding hydrogens is 192 g/mol. The van der Waals surface area contributed by atoms with Crippen molar-refractivity contribution in [2.45, 2.75) is 25.7 Å². The number of rotatable bonds is 4. The van der Waals surface area contributed by atoms with Crippen LogP contribution in [0.1, 0.15) is 0 Å². The Morgan fingerprint density at radius 2 is 2.14 bits per heavy atom. The van der Waals surface area contributed by atoms with E-state index in [2.05, 4.69) is 24.6 Å². The molecule has 1 rings (SSSR count). The molecule has 0 aliphatic carbocycles. The van der Waals surface area contributed by atoms with Gasteiger partial charge in [0, 0.05) is 14.3 Å². The first-order chi connectivity index (χ1) is 6.49. The van der Waals surface area contributed by atoms with Gasteiger partial charge in [0.1, 0.15) is 0 Å². The highest BCUT2D eigenvalue weighted by Crippen LogP contribution is 2.17. The highest BCUT2D eigenvalue weighted by Gasteiger charge is 2.13. The fourth-order valence-electron chi connectivity index (χ4n) is 0.978. The van der Waals surface area contributed by atoms with Crippen LogP contribution in [0.4, 0.5) is 5.69 Å². The van der Waals surface area contributed by atoms with E-state index in [0.717, 1.165) is 12.7 Å². The number of hydrogen-bond acceptors (Lipinski definition) is 3. The van der Waals surface area contributed by atoms with Crippen LogP contribution in [0.3, 0.4) is 0 Å². The van der Waals surface area contributed by atoms with Crippen LogP contribution in [0.2, 0.25) is 25.7 Å². The Kier molecular flexibility index (Phi) is 3.52. The van der Waals surface area contributed by atoms with Crippen LogP contribution in [0, 0.1) is 0 Å². The summed E-state index contributed by atoms with van der Waals surface area (Å²) in [4.78, 5) is 4.07. The lowest BCUT2D eigenvalue weighted by atomic mass is 10.4. The minimum Gasteiger partial charge on any atom is -0.477 e. The molecule has 4 heteroatoms. The van der Waals surface area contributed by atoms with Crippen molar-refractivity contribution in [3.05, 3.63) is 18.3 Å². The van der Waals surface area contributed by atoms with Gasteiger partial charge >= 0.3 is 0 Å². The van der Waals surface area contributed by atoms with Crippen LogP contribution in [0.25, 0.3) is 0 Å². The average Bonchev–Trinajstić information content (AvgIpc) is 2.06. The maximum absolute atomic E-state index is 5.69. The van der Waals surface area contributed by atoms with Crippen molar-refractivity contribution in [2.24, 2.45) is 0 Å². The number of pyridine rings is 1. The molecule has 0 aliphatic heterocycles. The van der Waals surface area contributed by atoms with Gasteiger partial charge in [-0.3, -0.25) is 0 Å². The summed E-state index contributed by atoms with van der Waals surface area (Å²) in [6.07, 6.45) is 1.69. The Labute approximate surface area is 86.3 Å². The maximum Gasteiger partial charge on any atom is 0.237 e. The lowest BCUT2D eigenvalue weighted by Crippen LogP contribution is -2.22. The summed E-state index contributed by atoms with van der Waals surface area (Å²) in [6, 6.07) is 4.74. The molecule has 14 heavy (non-hydrogen) atoms. The van der Waals surface area contributed by atoms with Crippen LogP contribution in [-0.4, -0.2) is 19.7 Å². The molecule has 78 valence electrons. The smallest absolute Gasteiger partial charge is 0.237 e. The molecule has 3 nitrogen and oxygen atoms in total. The predicted molar refractivity (Wildman–Crippen MR) is 62.3 cm³/mol. The normalized spacial score (nSPS) is 11.4. The third-order valence-electron chi connectivity index (χ3n) is 1.89. The lowest BCUT2D eigenvalue weighted by Gasteiger charge is -2.15. The van der Waals surface area contributed by atoms with Crippen LogP contribution in [-0.2, 0) is 0 Å². The van der Waals surface area contributed by atoms with Gasteiger partial charge in [-0.2, -0.15) is 0 Å². The Bertz CT molecular complexity index is 296. The highest BCUT2D eigenvalue weighted by molar-refractivity contribution is 6.76. The second-order valence-electron chi connectivity index (χ2n) is 4.56. The molecule has 1 heterocycles. The van der Waals surface area contributed by atoms with Crippen LogP contribution >= 0.6 is 0 Å². The molecule has 1 aromatic rings. The zero-order chi connectivity index (χ0) is 10.6. The van der Waals surface area contributed by atoms with Crippen LogP contribution in [0.5, 0.6) is 5.88 Å². The summed E-state index contributed by atoms with van der Waals surface area (Å²) in [5.41, 5.74) is 6.31. The van der Waals surface area contributed by atoms with E-state index < -0.39 is 8.07 Å². The molecule has 0 amide bonds. The molecule has 0 radical (unpaired) electrons. The summed E-state index contributed by atoms with van der Waals surface area (Å²) in [5.74, 6) is 0.561. The van der Waals surface area contributed by atoms with Gasteiger partial charge in [-0.1, -0.05) is 19.6 Å². The number of aromatic nitrogens is 1. The van der Waals surface area contributed by atoms with Gasteiger partial charge in [0.05, 0.1) is 12.3 Å². The third kappa shape index (κ3) is 3.78. The van der Waals surface area contributed by atoms with Gasteiger partial charge in [0.25, 0.3) is 0 Å². The number of nitrogens with zero attached hydrogens (tertiary/aromatic N) is 1. The van der Waals surface area contributed by atoms with E-state index in [9.17, 15) is 0 Å². The number of hydrogen-bond donors (Lipinski definition) is 1. The maximum atomic E-state index is 5.69. The molecule has 0 spiro atoms. The van der Waals surface area contributed by atoms with Gasteiger partial charge in [-0.05, 0) is 18.2 Å². The molecule has 0 unspecified atom stereocenters. The second kappa shape index (κ2) is 4.46. The molecule has 0 aliphatic rings. The minimum atomic E-state index is -1.02. The van der Waals surface area contributed by atoms with Gasteiger partial charge in [-0.15, -0.1) is 0 Å². The summed E-state index contributed by atoms with van der Waals surface area (Å²) in [7, 11) is -1.02. The van der Waals surface area contributed by atoms with Crippen molar-refractivity contribution in [1.82, 2.24) is 4.98 Å². The Morgan fingerprint density at radius 1 is 1.43 bits per heavy atom. The Balaban J connectivity index is 2.43. The fourth-order valence-corrected chi connectivity index (χ4v) is 1.69. The van der Waals surface area contributed by atoms with Crippen molar-refractivity contribution in [2.75, 3.05) is 12.3 Å². The third-order valence-corrected chi connectivity index (χ3v) is 3.60. The molecule has 0 atom stereocenters. The molecule has 0 bridgehead atoms. The highest BCUT2D eigenvalue weighted by atomic mass is 28.3. The van der Waals surface area contributed by atoms with E-state index in [-0.39, 0.29) is 0 Å². The van der Waals surface area contributed by atoms with E-state index in [0.29, 0.717) is 11.6 Å². The number of nitrogen functional groups attached to an aromatic ring is 1. The number of nitrogens with two attached hydrogens (primary N) is 1. The van der Waals surface area contributed by atoms with Gasteiger partial charge < -0.3 is 10.5 Å². The molecular formula is C10H18N2OSi. The first kappa shape index (κ1) is 11.0. The molecule has 0 fully saturated rings. The summed E-state index contributed by atoms with van der Waals surface area (Å²) in [5, 5.41) is 0. The first-order valence-corrected chi connectivity index (χ1v) is 8.53. The van der Waals surface area contributed by atoms with E-state index in [1.807, 2.05) is 0 Å². The molecule has 1 aromatic heterocycles. The number of anilines is 1. The van der Waals surface area contributed by atoms with E-state index >= 15 is 0 Å². The van der Waals surface area contributed by atoms with E-state index in [1.54, 1.807) is 18.3 Å². The zero-order valence-electron chi connectivity index (χ0n) is 9.08. The summed E-state index contributed by atoms with van der Waals surface area (Å²) in [6.45, 7) is 7.67. The van der Waals surface area contributed by atoms with Crippen molar-refractivity contribution in [3.63, 3.8) is 0 Å². The van der Waals surface area contributed by atoms with Crippen molar-refractivity contribution < 1.29 is 4.74 Å². The summed E-state index contributed by atoms with van der Waals surface area (Å²) >= 11 is 0. The topological polar surface area (TPSA) is 48.1 Å². The minimum absolute atomic E-state index is 0.561. The van der Waals surface area contributed by atoms with Gasteiger partial charge in [0.2, 0.25) is 5.88 Å². The molecule has 0 aromatic carbocycles. The average molecular weight is 210 g/mol. The van der Waals surface area contributed by atoms with Crippen molar-refractivity contribution in [3.8, 4) is 5.88 Å². The first-order valence-electron chi connectivity index (χ1n) is 4.82. The predicted octanol–water partition coefficient (Wildman–Crippen LogP) is 2.38. The molecule has 0 saturated carbocycles. The SMILES string of the molecule is C[Si](C)(C)CCOc1ncccc1N. The molecule has 0 saturated heterocycles. The van der Waals surface area contributed by atoms with Crippen molar-refractivity contribution >= 4 is 13.8 Å². The monoisotopic (exact) mass is 210 g/mol. The van der Waals surface area contributed by atoms with Gasteiger partial charge in [-0.25, -0.2) is 4.98 Å². The second-order valence-corrected chi connectivity index (χ2v) is 10.2. The van der Waals surface area contributed by atoms with E-state index in [4.69, 9.17) is 10.5 Å². The number of ether oxygens (including phenoxy) is 1. The Morgan fingerprint density at radius 3 is 2.71 bits per heavy atom. The van der Waals surface area contributed by atoms with Crippen LogP contribution in [0.15, 0.2) is 18.3 Å². The van der Waals surface area contributed by atoms with Crippen molar-refractivity contribution in [1.29, 1.82) is 0 Å².